The maximum Gasteiger partial charge on any atom is 0.339 e. The predicted octanol–water partition coefficient (Wildman–Crippen LogP) is 2.31. The number of carbonyl (C=O) groups excluding carboxylic acids is 2. The molecule has 2 heterocycles. The lowest BCUT2D eigenvalue weighted by atomic mass is 10.2. The summed E-state index contributed by atoms with van der Waals surface area (Å²) in [4.78, 5) is 27.8. The van der Waals surface area contributed by atoms with Crippen LogP contribution < -0.4 is 10.1 Å². The highest BCUT2D eigenvalue weighted by atomic mass is 16.5. The van der Waals surface area contributed by atoms with Crippen molar-refractivity contribution in [1.29, 1.82) is 0 Å². The van der Waals surface area contributed by atoms with E-state index in [1.165, 1.54) is 31.6 Å². The van der Waals surface area contributed by atoms with Crippen molar-refractivity contribution in [3.05, 3.63) is 66.1 Å². The molecule has 26 heavy (non-hydrogen) atoms. The fourth-order valence-corrected chi connectivity index (χ4v) is 2.29. The van der Waals surface area contributed by atoms with Gasteiger partial charge in [-0.05, 0) is 24.3 Å². The number of methoxy groups -OCH3 is 2. The summed E-state index contributed by atoms with van der Waals surface area (Å²) in [6.07, 6.45) is 4.38. The van der Waals surface area contributed by atoms with Crippen LogP contribution in [0.25, 0.3) is 5.69 Å². The van der Waals surface area contributed by atoms with Crippen molar-refractivity contribution in [2.24, 2.45) is 0 Å². The number of rotatable bonds is 5. The third-order valence-corrected chi connectivity index (χ3v) is 3.60. The number of esters is 1. The highest BCUT2D eigenvalue weighted by Gasteiger charge is 2.13. The van der Waals surface area contributed by atoms with Gasteiger partial charge in [0, 0.05) is 12.4 Å². The first kappa shape index (κ1) is 17.2. The van der Waals surface area contributed by atoms with E-state index in [0.29, 0.717) is 22.7 Å². The van der Waals surface area contributed by atoms with Gasteiger partial charge in [0.15, 0.2) is 0 Å². The quantitative estimate of drug-likeness (QED) is 0.708. The normalized spacial score (nSPS) is 10.2. The van der Waals surface area contributed by atoms with Gasteiger partial charge in [-0.3, -0.25) is 4.79 Å². The highest BCUT2D eigenvalue weighted by molar-refractivity contribution is 6.03. The number of aromatic nitrogens is 3. The van der Waals surface area contributed by atoms with Crippen molar-refractivity contribution >= 4 is 17.7 Å². The molecule has 132 valence electrons. The summed E-state index contributed by atoms with van der Waals surface area (Å²) in [7, 11) is 2.86. The average Bonchev–Trinajstić information content (AvgIpc) is 3.18. The molecule has 0 fully saturated rings. The summed E-state index contributed by atoms with van der Waals surface area (Å²) in [5.74, 6) is 0.0910. The Hall–Kier alpha value is -3.68. The van der Waals surface area contributed by atoms with Gasteiger partial charge in [0.25, 0.3) is 5.91 Å². The first-order chi connectivity index (χ1) is 12.6. The van der Waals surface area contributed by atoms with E-state index in [0.717, 1.165) is 5.69 Å². The molecular formula is C18H16N4O4. The van der Waals surface area contributed by atoms with Crippen LogP contribution in [0.1, 0.15) is 20.7 Å². The van der Waals surface area contributed by atoms with E-state index in [4.69, 9.17) is 4.74 Å². The molecule has 0 spiro atoms. The number of hydrogen-bond donors (Lipinski definition) is 1. The third kappa shape index (κ3) is 3.54. The molecule has 0 saturated carbocycles. The zero-order valence-corrected chi connectivity index (χ0v) is 14.2. The highest BCUT2D eigenvalue weighted by Crippen LogP contribution is 2.21. The molecule has 1 N–H and O–H groups in total. The summed E-state index contributed by atoms with van der Waals surface area (Å²) in [6.45, 7) is 0. The molecule has 0 aliphatic carbocycles. The lowest BCUT2D eigenvalue weighted by Crippen LogP contribution is -2.12. The number of amides is 1. The largest absolute Gasteiger partial charge is 0.494 e. The van der Waals surface area contributed by atoms with Gasteiger partial charge in [0.1, 0.15) is 17.3 Å². The molecule has 3 aromatic rings. The molecule has 0 radical (unpaired) electrons. The van der Waals surface area contributed by atoms with Crippen LogP contribution in [-0.2, 0) is 4.74 Å². The Kier molecular flexibility index (Phi) is 4.93. The van der Waals surface area contributed by atoms with Crippen LogP contribution in [0.4, 0.5) is 5.82 Å². The summed E-state index contributed by atoms with van der Waals surface area (Å²) >= 11 is 0. The fraction of sp³-hybridized carbons (Fsp3) is 0.111. The zero-order chi connectivity index (χ0) is 18.5. The Morgan fingerprint density at radius 2 is 1.85 bits per heavy atom. The van der Waals surface area contributed by atoms with Crippen LogP contribution in [0.15, 0.2) is 55.0 Å². The van der Waals surface area contributed by atoms with Crippen molar-refractivity contribution in [1.82, 2.24) is 14.8 Å². The molecule has 2 aromatic heterocycles. The Balaban J connectivity index is 1.75. The van der Waals surface area contributed by atoms with E-state index >= 15 is 0 Å². The summed E-state index contributed by atoms with van der Waals surface area (Å²) in [6, 6.07) is 10.4. The zero-order valence-electron chi connectivity index (χ0n) is 14.2. The molecule has 8 nitrogen and oxygen atoms in total. The number of anilines is 1. The lowest BCUT2D eigenvalue weighted by molar-refractivity contribution is 0.0600. The first-order valence-electron chi connectivity index (χ1n) is 7.66. The Labute approximate surface area is 149 Å². The smallest absolute Gasteiger partial charge is 0.339 e. The van der Waals surface area contributed by atoms with Crippen LogP contribution in [0.2, 0.25) is 0 Å². The summed E-state index contributed by atoms with van der Waals surface area (Å²) in [5.41, 5.74) is 1.37. The number of para-hydroxylation sites is 2. The number of hydrogen-bond acceptors (Lipinski definition) is 6. The number of pyridine rings is 1. The molecular weight excluding hydrogens is 336 g/mol. The van der Waals surface area contributed by atoms with E-state index < -0.39 is 5.97 Å². The van der Waals surface area contributed by atoms with Gasteiger partial charge < -0.3 is 14.8 Å². The van der Waals surface area contributed by atoms with E-state index in [1.54, 1.807) is 18.0 Å². The molecule has 0 bridgehead atoms. The van der Waals surface area contributed by atoms with Gasteiger partial charge in [-0.1, -0.05) is 12.1 Å². The van der Waals surface area contributed by atoms with Crippen molar-refractivity contribution in [3.8, 4) is 11.4 Å². The summed E-state index contributed by atoms with van der Waals surface area (Å²) in [5, 5.41) is 6.85. The molecule has 0 unspecified atom stereocenters. The predicted molar refractivity (Wildman–Crippen MR) is 93.6 cm³/mol. The van der Waals surface area contributed by atoms with Crippen LogP contribution >= 0.6 is 0 Å². The van der Waals surface area contributed by atoms with Crippen LogP contribution in [0.5, 0.6) is 5.75 Å². The molecule has 3 rings (SSSR count). The fourth-order valence-electron chi connectivity index (χ4n) is 2.29. The first-order valence-corrected chi connectivity index (χ1v) is 7.66. The van der Waals surface area contributed by atoms with Crippen LogP contribution in [0.3, 0.4) is 0 Å². The van der Waals surface area contributed by atoms with Gasteiger partial charge in [-0.15, -0.1) is 0 Å². The number of carbonyl (C=O) groups is 2. The van der Waals surface area contributed by atoms with E-state index in [-0.39, 0.29) is 5.91 Å². The molecule has 1 aromatic carbocycles. The number of nitrogens with zero attached hydrogens (tertiary/aromatic N) is 3. The average molecular weight is 352 g/mol. The summed E-state index contributed by atoms with van der Waals surface area (Å²) < 4.78 is 11.5. The van der Waals surface area contributed by atoms with Crippen LogP contribution in [0, 0.1) is 0 Å². The van der Waals surface area contributed by atoms with Crippen molar-refractivity contribution < 1.29 is 19.1 Å². The second kappa shape index (κ2) is 7.47. The minimum absolute atomic E-state index is 0.300. The second-order valence-corrected chi connectivity index (χ2v) is 5.22. The SMILES string of the molecule is COC(=O)c1ccc(NC(=O)c2cnn(-c3ccccc3OC)c2)nc1. The van der Waals surface area contributed by atoms with Gasteiger partial charge >= 0.3 is 5.97 Å². The number of nitrogens with one attached hydrogen (secondary N) is 1. The van der Waals surface area contributed by atoms with Crippen LogP contribution in [-0.4, -0.2) is 40.9 Å². The maximum absolute atomic E-state index is 12.4. The molecule has 0 aliphatic heterocycles. The van der Waals surface area contributed by atoms with Gasteiger partial charge in [-0.2, -0.15) is 5.10 Å². The minimum Gasteiger partial charge on any atom is -0.494 e. The van der Waals surface area contributed by atoms with Crippen molar-refractivity contribution in [2.45, 2.75) is 0 Å². The lowest BCUT2D eigenvalue weighted by Gasteiger charge is -2.07. The number of ether oxygens (including phenoxy) is 2. The molecule has 0 atom stereocenters. The third-order valence-electron chi connectivity index (χ3n) is 3.60. The second-order valence-electron chi connectivity index (χ2n) is 5.22. The maximum atomic E-state index is 12.4. The topological polar surface area (TPSA) is 95.3 Å². The van der Waals surface area contributed by atoms with Gasteiger partial charge in [0.05, 0.1) is 31.5 Å². The van der Waals surface area contributed by atoms with Gasteiger partial charge in [0.2, 0.25) is 0 Å². The van der Waals surface area contributed by atoms with E-state index in [9.17, 15) is 9.59 Å². The monoisotopic (exact) mass is 352 g/mol. The molecule has 8 heteroatoms. The van der Waals surface area contributed by atoms with Gasteiger partial charge in [-0.25, -0.2) is 14.5 Å². The van der Waals surface area contributed by atoms with Crippen molar-refractivity contribution in [2.75, 3.05) is 19.5 Å². The van der Waals surface area contributed by atoms with Crippen molar-refractivity contribution in [3.63, 3.8) is 0 Å². The standard InChI is InChI=1S/C18H16N4O4/c1-25-15-6-4-3-5-14(15)22-11-13(10-20-22)17(23)21-16-8-7-12(9-19-16)18(24)26-2/h3-11H,1-2H3,(H,19,21,23). The molecule has 1 amide bonds. The van der Waals surface area contributed by atoms with E-state index in [2.05, 4.69) is 20.1 Å². The minimum atomic E-state index is -0.492. The number of benzene rings is 1. The van der Waals surface area contributed by atoms with E-state index in [1.807, 2.05) is 24.3 Å². The Morgan fingerprint density at radius 1 is 1.04 bits per heavy atom. The Morgan fingerprint density at radius 3 is 2.54 bits per heavy atom. The Bertz CT molecular complexity index is 934. The molecule has 0 saturated heterocycles. The molecule has 0 aliphatic rings.